The third-order valence-corrected chi connectivity index (χ3v) is 3.14. The fourth-order valence-electron chi connectivity index (χ4n) is 1.95. The molecule has 1 fully saturated rings. The molecule has 0 aliphatic carbocycles. The predicted molar refractivity (Wildman–Crippen MR) is 65.7 cm³/mol. The Morgan fingerprint density at radius 2 is 2.40 bits per heavy atom. The fourth-order valence-corrected chi connectivity index (χ4v) is 2.12. The third kappa shape index (κ3) is 2.86. The molecular formula is C12H17ClN2. The van der Waals surface area contributed by atoms with Crippen molar-refractivity contribution in [2.24, 2.45) is 0 Å². The minimum Gasteiger partial charge on any atom is -0.383 e. The summed E-state index contributed by atoms with van der Waals surface area (Å²) >= 11 is 5.96. The molecule has 0 spiro atoms. The molecule has 0 aromatic heterocycles. The highest BCUT2D eigenvalue weighted by atomic mass is 35.5. The Kier molecular flexibility index (Phi) is 3.49. The van der Waals surface area contributed by atoms with Crippen LogP contribution in [-0.4, -0.2) is 19.1 Å². The van der Waals surface area contributed by atoms with Crippen LogP contribution in [-0.2, 0) is 0 Å². The van der Waals surface area contributed by atoms with E-state index in [0.717, 1.165) is 23.8 Å². The maximum atomic E-state index is 5.96. The minimum atomic E-state index is 0.614. The fraction of sp³-hybridized carbons (Fsp3) is 0.500. The van der Waals surface area contributed by atoms with Crippen LogP contribution in [0.1, 0.15) is 18.4 Å². The van der Waals surface area contributed by atoms with Crippen molar-refractivity contribution in [3.05, 3.63) is 28.8 Å². The van der Waals surface area contributed by atoms with Gasteiger partial charge in [-0.2, -0.15) is 0 Å². The lowest BCUT2D eigenvalue weighted by Gasteiger charge is -2.14. The van der Waals surface area contributed by atoms with E-state index in [0.29, 0.717) is 6.04 Å². The van der Waals surface area contributed by atoms with Gasteiger partial charge in [-0.25, -0.2) is 0 Å². The number of rotatable bonds is 3. The summed E-state index contributed by atoms with van der Waals surface area (Å²) in [6.45, 7) is 4.24. The van der Waals surface area contributed by atoms with Crippen molar-refractivity contribution in [3.8, 4) is 0 Å². The maximum Gasteiger partial charge on any atom is 0.0426 e. The first-order valence-electron chi connectivity index (χ1n) is 5.49. The van der Waals surface area contributed by atoms with Crippen LogP contribution in [0.5, 0.6) is 0 Å². The van der Waals surface area contributed by atoms with Gasteiger partial charge in [0, 0.05) is 23.3 Å². The quantitative estimate of drug-likeness (QED) is 0.825. The van der Waals surface area contributed by atoms with Gasteiger partial charge >= 0.3 is 0 Å². The Labute approximate surface area is 96.0 Å². The minimum absolute atomic E-state index is 0.614. The number of hydrogen-bond acceptors (Lipinski definition) is 2. The maximum absolute atomic E-state index is 5.96. The summed E-state index contributed by atoms with van der Waals surface area (Å²) in [5.74, 6) is 0. The van der Waals surface area contributed by atoms with Gasteiger partial charge in [0.1, 0.15) is 0 Å². The highest BCUT2D eigenvalue weighted by Crippen LogP contribution is 2.20. The third-order valence-electron chi connectivity index (χ3n) is 2.90. The summed E-state index contributed by atoms with van der Waals surface area (Å²) in [6.07, 6.45) is 2.56. The van der Waals surface area contributed by atoms with E-state index in [1.54, 1.807) is 0 Å². The highest BCUT2D eigenvalue weighted by molar-refractivity contribution is 6.30. The SMILES string of the molecule is Cc1ccc(Cl)cc1NCC1CCCN1. The molecule has 2 N–H and O–H groups in total. The summed E-state index contributed by atoms with van der Waals surface area (Å²) in [6, 6.07) is 6.58. The first-order chi connectivity index (χ1) is 7.25. The molecule has 15 heavy (non-hydrogen) atoms. The number of hydrogen-bond donors (Lipinski definition) is 2. The Morgan fingerprint density at radius 1 is 1.53 bits per heavy atom. The summed E-state index contributed by atoms with van der Waals surface area (Å²) in [5, 5.41) is 7.71. The number of benzene rings is 1. The zero-order chi connectivity index (χ0) is 10.7. The van der Waals surface area contributed by atoms with Crippen molar-refractivity contribution in [2.75, 3.05) is 18.4 Å². The number of nitrogens with one attached hydrogen (secondary N) is 2. The number of anilines is 1. The van der Waals surface area contributed by atoms with Gasteiger partial charge in [-0.3, -0.25) is 0 Å². The van der Waals surface area contributed by atoms with Crippen molar-refractivity contribution < 1.29 is 0 Å². The number of aryl methyl sites for hydroxylation is 1. The van der Waals surface area contributed by atoms with Crippen molar-refractivity contribution in [1.29, 1.82) is 0 Å². The topological polar surface area (TPSA) is 24.1 Å². The van der Waals surface area contributed by atoms with Crippen LogP contribution < -0.4 is 10.6 Å². The van der Waals surface area contributed by atoms with E-state index in [2.05, 4.69) is 17.6 Å². The molecule has 0 saturated carbocycles. The monoisotopic (exact) mass is 224 g/mol. The lowest BCUT2D eigenvalue weighted by atomic mass is 10.2. The van der Waals surface area contributed by atoms with Crippen LogP contribution in [0.25, 0.3) is 0 Å². The van der Waals surface area contributed by atoms with Gasteiger partial charge in [0.25, 0.3) is 0 Å². The van der Waals surface area contributed by atoms with Crippen molar-refractivity contribution in [2.45, 2.75) is 25.8 Å². The van der Waals surface area contributed by atoms with Crippen molar-refractivity contribution in [1.82, 2.24) is 5.32 Å². The molecule has 0 bridgehead atoms. The molecule has 1 heterocycles. The molecule has 2 rings (SSSR count). The summed E-state index contributed by atoms with van der Waals surface area (Å²) in [5.41, 5.74) is 2.40. The molecule has 1 unspecified atom stereocenters. The second-order valence-corrected chi connectivity index (χ2v) is 4.57. The van der Waals surface area contributed by atoms with Crippen LogP contribution in [0, 0.1) is 6.92 Å². The van der Waals surface area contributed by atoms with E-state index in [1.807, 2.05) is 18.2 Å². The summed E-state index contributed by atoms with van der Waals surface area (Å²) < 4.78 is 0. The molecule has 1 aliphatic heterocycles. The first kappa shape index (κ1) is 10.8. The van der Waals surface area contributed by atoms with Gasteiger partial charge in [-0.15, -0.1) is 0 Å². The van der Waals surface area contributed by atoms with Crippen molar-refractivity contribution in [3.63, 3.8) is 0 Å². The van der Waals surface area contributed by atoms with Crippen LogP contribution >= 0.6 is 11.6 Å². The van der Waals surface area contributed by atoms with E-state index in [4.69, 9.17) is 11.6 Å². The summed E-state index contributed by atoms with van der Waals surface area (Å²) in [4.78, 5) is 0. The highest BCUT2D eigenvalue weighted by Gasteiger charge is 2.13. The van der Waals surface area contributed by atoms with Crippen LogP contribution in [0.2, 0.25) is 5.02 Å². The Balaban J connectivity index is 1.94. The number of halogens is 1. The Morgan fingerprint density at radius 3 is 3.13 bits per heavy atom. The molecule has 1 aromatic carbocycles. The zero-order valence-electron chi connectivity index (χ0n) is 9.02. The van der Waals surface area contributed by atoms with Crippen molar-refractivity contribution >= 4 is 17.3 Å². The zero-order valence-corrected chi connectivity index (χ0v) is 9.77. The molecule has 0 radical (unpaired) electrons. The predicted octanol–water partition coefficient (Wildman–Crippen LogP) is 2.81. The van der Waals surface area contributed by atoms with E-state index in [1.165, 1.54) is 18.4 Å². The molecule has 0 amide bonds. The van der Waals surface area contributed by atoms with Crippen LogP contribution in [0.15, 0.2) is 18.2 Å². The molecule has 1 aromatic rings. The largest absolute Gasteiger partial charge is 0.383 e. The van der Waals surface area contributed by atoms with Gasteiger partial charge < -0.3 is 10.6 Å². The van der Waals surface area contributed by atoms with Gasteiger partial charge in [-0.05, 0) is 44.0 Å². The van der Waals surface area contributed by atoms with Crippen LogP contribution in [0.3, 0.4) is 0 Å². The molecule has 1 aliphatic rings. The van der Waals surface area contributed by atoms with Gasteiger partial charge in [0.05, 0.1) is 0 Å². The van der Waals surface area contributed by atoms with Gasteiger partial charge in [0.15, 0.2) is 0 Å². The summed E-state index contributed by atoms with van der Waals surface area (Å²) in [7, 11) is 0. The lowest BCUT2D eigenvalue weighted by Crippen LogP contribution is -2.29. The Hall–Kier alpha value is -0.730. The van der Waals surface area contributed by atoms with Gasteiger partial charge in [-0.1, -0.05) is 17.7 Å². The second kappa shape index (κ2) is 4.86. The van der Waals surface area contributed by atoms with E-state index < -0.39 is 0 Å². The normalized spacial score (nSPS) is 20.5. The van der Waals surface area contributed by atoms with Gasteiger partial charge in [0.2, 0.25) is 0 Å². The van der Waals surface area contributed by atoms with Crippen LogP contribution in [0.4, 0.5) is 5.69 Å². The second-order valence-electron chi connectivity index (χ2n) is 4.13. The van der Waals surface area contributed by atoms with E-state index in [-0.39, 0.29) is 0 Å². The first-order valence-corrected chi connectivity index (χ1v) is 5.87. The van der Waals surface area contributed by atoms with E-state index in [9.17, 15) is 0 Å². The Bertz CT molecular complexity index is 332. The molecule has 2 nitrogen and oxygen atoms in total. The average molecular weight is 225 g/mol. The average Bonchev–Trinajstić information content (AvgIpc) is 2.72. The molecular weight excluding hydrogens is 208 g/mol. The van der Waals surface area contributed by atoms with E-state index >= 15 is 0 Å². The molecule has 3 heteroatoms. The standard InChI is InChI=1S/C12H17ClN2/c1-9-4-5-10(13)7-12(9)15-8-11-3-2-6-14-11/h4-5,7,11,14-15H,2-3,6,8H2,1H3. The smallest absolute Gasteiger partial charge is 0.0426 e. The molecule has 1 saturated heterocycles. The lowest BCUT2D eigenvalue weighted by molar-refractivity contribution is 0.633. The molecule has 82 valence electrons. The molecule has 1 atom stereocenters.